The fourth-order valence-electron chi connectivity index (χ4n) is 5.62. The van der Waals surface area contributed by atoms with Crippen LogP contribution in [0.15, 0.2) is 133 Å². The Labute approximate surface area is 210 Å². The Kier molecular flexibility index (Phi) is 4.75. The molecular formula is C35H25N. The second-order valence-corrected chi connectivity index (χ2v) is 9.50. The fourth-order valence-corrected chi connectivity index (χ4v) is 5.62. The molecule has 170 valence electrons. The molecule has 0 heterocycles. The van der Waals surface area contributed by atoms with Crippen molar-refractivity contribution in [3.05, 3.63) is 139 Å². The molecule has 0 saturated heterocycles. The maximum absolute atomic E-state index is 2.44. The number of hydrogen-bond acceptors (Lipinski definition) is 1. The van der Waals surface area contributed by atoms with Gasteiger partial charge in [0.15, 0.2) is 0 Å². The van der Waals surface area contributed by atoms with Crippen molar-refractivity contribution in [1.29, 1.82) is 0 Å². The number of rotatable bonds is 3. The van der Waals surface area contributed by atoms with E-state index in [1.54, 1.807) is 0 Å². The summed E-state index contributed by atoms with van der Waals surface area (Å²) < 4.78 is 0. The molecule has 0 fully saturated rings. The van der Waals surface area contributed by atoms with E-state index >= 15 is 0 Å². The van der Waals surface area contributed by atoms with Crippen LogP contribution in [0.25, 0.3) is 43.1 Å². The molecule has 0 bridgehead atoms. The lowest BCUT2D eigenvalue weighted by Crippen LogP contribution is -2.11. The quantitative estimate of drug-likeness (QED) is 0.238. The summed E-state index contributed by atoms with van der Waals surface area (Å²) in [4.78, 5) is 2.44. The van der Waals surface area contributed by atoms with Crippen molar-refractivity contribution in [2.45, 2.75) is 6.92 Å². The van der Waals surface area contributed by atoms with Crippen LogP contribution in [-0.4, -0.2) is 0 Å². The Morgan fingerprint density at radius 1 is 0.417 bits per heavy atom. The monoisotopic (exact) mass is 459 g/mol. The zero-order valence-corrected chi connectivity index (χ0v) is 20.1. The Morgan fingerprint density at radius 2 is 1.03 bits per heavy atom. The molecule has 1 heteroatoms. The van der Waals surface area contributed by atoms with Gasteiger partial charge in [-0.25, -0.2) is 0 Å². The molecule has 0 aliphatic rings. The largest absolute Gasteiger partial charge is 0.309 e. The number of benzene rings is 7. The molecule has 1 nitrogen and oxygen atoms in total. The van der Waals surface area contributed by atoms with Gasteiger partial charge in [0, 0.05) is 16.5 Å². The van der Waals surface area contributed by atoms with Crippen LogP contribution in [0.3, 0.4) is 0 Å². The molecule has 0 radical (unpaired) electrons. The predicted molar refractivity (Wildman–Crippen MR) is 156 cm³/mol. The van der Waals surface area contributed by atoms with Gasteiger partial charge in [0.25, 0.3) is 0 Å². The van der Waals surface area contributed by atoms with Crippen molar-refractivity contribution in [1.82, 2.24) is 0 Å². The maximum atomic E-state index is 2.44. The molecule has 7 aromatic rings. The zero-order valence-electron chi connectivity index (χ0n) is 20.1. The van der Waals surface area contributed by atoms with Gasteiger partial charge in [0.1, 0.15) is 0 Å². The summed E-state index contributed by atoms with van der Waals surface area (Å²) in [5, 5.41) is 10.1. The van der Waals surface area contributed by atoms with E-state index in [2.05, 4.69) is 145 Å². The van der Waals surface area contributed by atoms with Gasteiger partial charge >= 0.3 is 0 Å². The first-order valence-corrected chi connectivity index (χ1v) is 12.5. The van der Waals surface area contributed by atoms with Gasteiger partial charge in [-0.2, -0.15) is 0 Å². The van der Waals surface area contributed by atoms with E-state index in [1.165, 1.54) is 60.0 Å². The van der Waals surface area contributed by atoms with Crippen LogP contribution in [0.1, 0.15) is 5.56 Å². The Bertz CT molecular complexity index is 1910. The summed E-state index contributed by atoms with van der Waals surface area (Å²) in [6, 6.07) is 48.5. The molecule has 0 spiro atoms. The number of fused-ring (bicyclic) bond motifs is 6. The second kappa shape index (κ2) is 8.25. The van der Waals surface area contributed by atoms with Crippen LogP contribution in [0.4, 0.5) is 17.1 Å². The minimum Gasteiger partial charge on any atom is -0.309 e. The summed E-state index contributed by atoms with van der Waals surface area (Å²) in [6.45, 7) is 2.16. The lowest BCUT2D eigenvalue weighted by Gasteiger charge is -2.29. The van der Waals surface area contributed by atoms with Gasteiger partial charge in [0.2, 0.25) is 0 Å². The molecule has 0 aliphatic carbocycles. The number of anilines is 3. The Balaban J connectivity index is 1.61. The van der Waals surface area contributed by atoms with Crippen molar-refractivity contribution in [3.63, 3.8) is 0 Å². The minimum atomic E-state index is 1.16. The molecule has 7 aromatic carbocycles. The van der Waals surface area contributed by atoms with Crippen molar-refractivity contribution in [2.24, 2.45) is 0 Å². The smallest absolute Gasteiger partial charge is 0.0546 e. The first kappa shape index (κ1) is 20.7. The van der Waals surface area contributed by atoms with Gasteiger partial charge in [-0.3, -0.25) is 0 Å². The van der Waals surface area contributed by atoms with E-state index in [4.69, 9.17) is 0 Å². The van der Waals surface area contributed by atoms with E-state index in [0.29, 0.717) is 0 Å². The molecule has 0 N–H and O–H groups in total. The van der Waals surface area contributed by atoms with Crippen molar-refractivity contribution < 1.29 is 0 Å². The maximum Gasteiger partial charge on any atom is 0.0546 e. The standard InChI is InChI=1S/C35H25N/c1-24-9-6-13-28(23-24)36(33-17-8-16-31-29-14-4-2-10-25(29)21-22-32(31)33)34-18-7-12-27-20-19-26-11-3-5-15-30(26)35(27)34/h2-23H,1H3. The van der Waals surface area contributed by atoms with Gasteiger partial charge < -0.3 is 4.90 Å². The van der Waals surface area contributed by atoms with Crippen LogP contribution >= 0.6 is 0 Å². The lowest BCUT2D eigenvalue weighted by molar-refractivity contribution is 1.30. The number of hydrogen-bond donors (Lipinski definition) is 0. The fraction of sp³-hybridized carbons (Fsp3) is 0.0286. The molecule has 36 heavy (non-hydrogen) atoms. The summed E-state index contributed by atoms with van der Waals surface area (Å²) in [5.74, 6) is 0. The summed E-state index contributed by atoms with van der Waals surface area (Å²) in [6.07, 6.45) is 0. The predicted octanol–water partition coefficient (Wildman–Crippen LogP) is 10.1. The molecule has 7 rings (SSSR count). The molecule has 0 amide bonds. The van der Waals surface area contributed by atoms with Crippen LogP contribution in [0.5, 0.6) is 0 Å². The van der Waals surface area contributed by atoms with E-state index in [1.807, 2.05) is 0 Å². The van der Waals surface area contributed by atoms with E-state index in [0.717, 1.165) is 5.69 Å². The number of aryl methyl sites for hydroxylation is 1. The molecular weight excluding hydrogens is 434 g/mol. The van der Waals surface area contributed by atoms with Crippen LogP contribution in [-0.2, 0) is 0 Å². The zero-order chi connectivity index (χ0) is 24.1. The molecule has 0 atom stereocenters. The first-order chi connectivity index (χ1) is 17.8. The van der Waals surface area contributed by atoms with Gasteiger partial charge in [-0.1, -0.05) is 109 Å². The second-order valence-electron chi connectivity index (χ2n) is 9.50. The minimum absolute atomic E-state index is 1.16. The van der Waals surface area contributed by atoms with Crippen LogP contribution in [0.2, 0.25) is 0 Å². The van der Waals surface area contributed by atoms with E-state index in [-0.39, 0.29) is 0 Å². The highest BCUT2D eigenvalue weighted by Crippen LogP contribution is 2.44. The van der Waals surface area contributed by atoms with Gasteiger partial charge in [-0.05, 0) is 69.1 Å². The highest BCUT2D eigenvalue weighted by atomic mass is 15.1. The molecule has 0 aromatic heterocycles. The van der Waals surface area contributed by atoms with Gasteiger partial charge in [0.05, 0.1) is 11.4 Å². The first-order valence-electron chi connectivity index (χ1n) is 12.5. The number of nitrogens with zero attached hydrogens (tertiary/aromatic N) is 1. The lowest BCUT2D eigenvalue weighted by atomic mass is 9.97. The summed E-state index contributed by atoms with van der Waals surface area (Å²) >= 11 is 0. The van der Waals surface area contributed by atoms with Crippen molar-refractivity contribution >= 4 is 60.2 Å². The topological polar surface area (TPSA) is 3.24 Å². The van der Waals surface area contributed by atoms with Crippen LogP contribution < -0.4 is 4.90 Å². The Hall–Kier alpha value is -4.62. The molecule has 0 saturated carbocycles. The molecule has 0 unspecified atom stereocenters. The third-order valence-electron chi connectivity index (χ3n) is 7.25. The normalized spacial score (nSPS) is 11.5. The average Bonchev–Trinajstić information content (AvgIpc) is 2.93. The average molecular weight is 460 g/mol. The third-order valence-corrected chi connectivity index (χ3v) is 7.25. The van der Waals surface area contributed by atoms with Gasteiger partial charge in [-0.15, -0.1) is 0 Å². The molecule has 0 aliphatic heterocycles. The summed E-state index contributed by atoms with van der Waals surface area (Å²) in [5.41, 5.74) is 4.78. The van der Waals surface area contributed by atoms with E-state index < -0.39 is 0 Å². The third kappa shape index (κ3) is 3.25. The summed E-state index contributed by atoms with van der Waals surface area (Å²) in [7, 11) is 0. The van der Waals surface area contributed by atoms with Crippen LogP contribution in [0, 0.1) is 6.92 Å². The van der Waals surface area contributed by atoms with E-state index in [9.17, 15) is 0 Å². The van der Waals surface area contributed by atoms with Crippen molar-refractivity contribution in [2.75, 3.05) is 4.90 Å². The SMILES string of the molecule is Cc1cccc(N(c2cccc3c2ccc2ccccc23)c2cccc3ccc4ccccc4c23)c1. The Morgan fingerprint density at radius 3 is 1.89 bits per heavy atom. The highest BCUT2D eigenvalue weighted by molar-refractivity contribution is 6.17. The highest BCUT2D eigenvalue weighted by Gasteiger charge is 2.19. The van der Waals surface area contributed by atoms with Crippen molar-refractivity contribution in [3.8, 4) is 0 Å².